The molecular weight excluding hydrogens is 353 g/mol. The summed E-state index contributed by atoms with van der Waals surface area (Å²) < 4.78 is 2.90. The summed E-state index contributed by atoms with van der Waals surface area (Å²) >= 11 is 2.22. The first-order chi connectivity index (χ1) is 9.10. The highest BCUT2D eigenvalue weighted by Crippen LogP contribution is 2.09. The highest BCUT2D eigenvalue weighted by Gasteiger charge is 2.09. The van der Waals surface area contributed by atoms with Crippen molar-refractivity contribution in [3.05, 3.63) is 50.9 Å². The van der Waals surface area contributed by atoms with E-state index in [1.54, 1.807) is 4.68 Å². The number of hydrogen-bond donors (Lipinski definition) is 1. The summed E-state index contributed by atoms with van der Waals surface area (Å²) in [5.74, 6) is -0.0534. The fourth-order valence-electron chi connectivity index (χ4n) is 1.91. The van der Waals surface area contributed by atoms with Crippen molar-refractivity contribution in [1.82, 2.24) is 15.1 Å². The molecule has 0 radical (unpaired) electrons. The molecule has 0 bridgehead atoms. The molecule has 1 N–H and O–H groups in total. The summed E-state index contributed by atoms with van der Waals surface area (Å²) in [5, 5.41) is 7.28. The number of carbonyl (C=O) groups excluding carboxylic acids is 1. The number of hydrogen-bond acceptors (Lipinski definition) is 2. The van der Waals surface area contributed by atoms with Gasteiger partial charge in [0.15, 0.2) is 0 Å². The fourth-order valence-corrected chi connectivity index (χ4v) is 2.27. The lowest BCUT2D eigenvalue weighted by molar-refractivity contribution is 0.0951. The maximum Gasteiger partial charge on any atom is 0.251 e. The van der Waals surface area contributed by atoms with Crippen molar-refractivity contribution in [3.8, 4) is 0 Å². The van der Waals surface area contributed by atoms with Gasteiger partial charge in [0.05, 0.1) is 5.69 Å². The molecule has 1 aromatic carbocycles. The molecule has 4 nitrogen and oxygen atoms in total. The molecule has 1 amide bonds. The molecule has 0 saturated heterocycles. The van der Waals surface area contributed by atoms with Gasteiger partial charge in [0.25, 0.3) is 5.91 Å². The molecule has 0 aliphatic carbocycles. The molecule has 5 heteroatoms. The van der Waals surface area contributed by atoms with E-state index in [-0.39, 0.29) is 5.91 Å². The van der Waals surface area contributed by atoms with Crippen molar-refractivity contribution in [2.75, 3.05) is 0 Å². The first kappa shape index (κ1) is 14.0. The molecule has 0 fully saturated rings. The van der Waals surface area contributed by atoms with Crippen LogP contribution in [0.2, 0.25) is 0 Å². The van der Waals surface area contributed by atoms with Gasteiger partial charge >= 0.3 is 0 Å². The molecular formula is C14H16IN3O. The lowest BCUT2D eigenvalue weighted by Gasteiger charge is -2.05. The van der Waals surface area contributed by atoms with Gasteiger partial charge in [0, 0.05) is 34.5 Å². The van der Waals surface area contributed by atoms with Crippen LogP contribution in [0.4, 0.5) is 0 Å². The predicted octanol–water partition coefficient (Wildman–Crippen LogP) is 2.52. The zero-order valence-corrected chi connectivity index (χ0v) is 13.1. The smallest absolute Gasteiger partial charge is 0.251 e. The number of halogens is 1. The van der Waals surface area contributed by atoms with Crippen molar-refractivity contribution in [1.29, 1.82) is 0 Å². The second-order valence-corrected chi connectivity index (χ2v) is 5.56. The number of rotatable bonds is 4. The predicted molar refractivity (Wildman–Crippen MR) is 82.9 cm³/mol. The Hall–Kier alpha value is -1.37. The van der Waals surface area contributed by atoms with E-state index in [0.29, 0.717) is 12.1 Å². The Morgan fingerprint density at radius 3 is 2.68 bits per heavy atom. The van der Waals surface area contributed by atoms with E-state index in [2.05, 4.69) is 39.9 Å². The fraction of sp³-hybridized carbons (Fsp3) is 0.286. The summed E-state index contributed by atoms with van der Waals surface area (Å²) in [6, 6.07) is 7.52. The number of benzene rings is 1. The Kier molecular flexibility index (Phi) is 4.57. The number of nitrogens with one attached hydrogen (secondary N) is 1. The average Bonchev–Trinajstić information content (AvgIpc) is 2.77. The number of nitrogens with zero attached hydrogens (tertiary/aromatic N) is 2. The maximum absolute atomic E-state index is 12.0. The Labute approximate surface area is 126 Å². The molecule has 1 aromatic heterocycles. The number of carbonyl (C=O) groups is 1. The number of aromatic nitrogens is 2. The molecule has 0 unspecified atom stereocenters. The molecule has 19 heavy (non-hydrogen) atoms. The third kappa shape index (κ3) is 3.56. The zero-order chi connectivity index (χ0) is 13.8. The summed E-state index contributed by atoms with van der Waals surface area (Å²) in [5.41, 5.74) is 2.79. The van der Waals surface area contributed by atoms with Gasteiger partial charge in [-0.25, -0.2) is 0 Å². The van der Waals surface area contributed by atoms with Crippen molar-refractivity contribution in [2.45, 2.75) is 19.9 Å². The molecule has 2 aromatic rings. The Morgan fingerprint density at radius 1 is 1.37 bits per heavy atom. The molecule has 0 aliphatic heterocycles. The van der Waals surface area contributed by atoms with Crippen LogP contribution in [0.1, 0.15) is 28.5 Å². The third-order valence-electron chi connectivity index (χ3n) is 2.87. The molecule has 0 atom stereocenters. The summed E-state index contributed by atoms with van der Waals surface area (Å²) in [6.07, 6.45) is 2.82. The van der Waals surface area contributed by atoms with Crippen LogP contribution in [-0.2, 0) is 20.0 Å². The van der Waals surface area contributed by atoms with Crippen LogP contribution in [0.15, 0.2) is 30.5 Å². The first-order valence-electron chi connectivity index (χ1n) is 6.15. The highest BCUT2D eigenvalue weighted by molar-refractivity contribution is 14.1. The lowest BCUT2D eigenvalue weighted by Crippen LogP contribution is -2.23. The molecule has 0 aliphatic rings. The zero-order valence-electron chi connectivity index (χ0n) is 11.0. The monoisotopic (exact) mass is 369 g/mol. The van der Waals surface area contributed by atoms with E-state index in [4.69, 9.17) is 0 Å². The topological polar surface area (TPSA) is 46.9 Å². The first-order valence-corrected chi connectivity index (χ1v) is 7.23. The van der Waals surface area contributed by atoms with Crippen LogP contribution in [0.5, 0.6) is 0 Å². The normalized spacial score (nSPS) is 10.5. The summed E-state index contributed by atoms with van der Waals surface area (Å²) in [6.45, 7) is 2.58. The van der Waals surface area contributed by atoms with E-state index in [0.717, 1.165) is 21.2 Å². The van der Waals surface area contributed by atoms with E-state index in [1.807, 2.05) is 37.5 Å². The van der Waals surface area contributed by atoms with Gasteiger partial charge < -0.3 is 5.32 Å². The van der Waals surface area contributed by atoms with Crippen LogP contribution < -0.4 is 5.32 Å². The Bertz CT molecular complexity index is 575. The van der Waals surface area contributed by atoms with Crippen molar-refractivity contribution in [3.63, 3.8) is 0 Å². The standard InChI is InChI=1S/C14H16IN3O/c1-3-13-11(9-18(2)17-13)8-16-14(19)10-4-6-12(15)7-5-10/h4-7,9H,3,8H2,1-2H3,(H,16,19). The van der Waals surface area contributed by atoms with Crippen molar-refractivity contribution < 1.29 is 4.79 Å². The van der Waals surface area contributed by atoms with Gasteiger partial charge in [-0.3, -0.25) is 9.48 Å². The van der Waals surface area contributed by atoms with E-state index in [1.165, 1.54) is 0 Å². The van der Waals surface area contributed by atoms with Crippen LogP contribution in [0, 0.1) is 3.57 Å². The Balaban J connectivity index is 2.02. The van der Waals surface area contributed by atoms with Crippen LogP contribution in [0.3, 0.4) is 0 Å². The highest BCUT2D eigenvalue weighted by atomic mass is 127. The minimum atomic E-state index is -0.0534. The number of amides is 1. The summed E-state index contributed by atoms with van der Waals surface area (Å²) in [7, 11) is 1.89. The molecule has 0 saturated carbocycles. The van der Waals surface area contributed by atoms with Gasteiger partial charge in [-0.2, -0.15) is 5.10 Å². The molecule has 2 rings (SSSR count). The molecule has 1 heterocycles. The largest absolute Gasteiger partial charge is 0.348 e. The number of aryl methyl sites for hydroxylation is 2. The van der Waals surface area contributed by atoms with Gasteiger partial charge in [-0.05, 0) is 53.3 Å². The van der Waals surface area contributed by atoms with Crippen LogP contribution in [-0.4, -0.2) is 15.7 Å². The molecule has 100 valence electrons. The quantitative estimate of drug-likeness (QED) is 0.842. The lowest BCUT2D eigenvalue weighted by atomic mass is 10.2. The average molecular weight is 369 g/mol. The van der Waals surface area contributed by atoms with Gasteiger partial charge in [0.2, 0.25) is 0 Å². The van der Waals surface area contributed by atoms with Gasteiger partial charge in [-0.1, -0.05) is 6.92 Å². The molecule has 0 spiro atoms. The minimum absolute atomic E-state index is 0.0534. The van der Waals surface area contributed by atoms with Crippen LogP contribution >= 0.6 is 22.6 Å². The van der Waals surface area contributed by atoms with Crippen molar-refractivity contribution >= 4 is 28.5 Å². The SMILES string of the molecule is CCc1nn(C)cc1CNC(=O)c1ccc(I)cc1. The van der Waals surface area contributed by atoms with Gasteiger partial charge in [0.1, 0.15) is 0 Å². The summed E-state index contributed by atoms with van der Waals surface area (Å²) in [4.78, 5) is 12.0. The van der Waals surface area contributed by atoms with Gasteiger partial charge in [-0.15, -0.1) is 0 Å². The second kappa shape index (κ2) is 6.18. The Morgan fingerprint density at radius 2 is 2.05 bits per heavy atom. The maximum atomic E-state index is 12.0. The second-order valence-electron chi connectivity index (χ2n) is 4.32. The minimum Gasteiger partial charge on any atom is -0.348 e. The van der Waals surface area contributed by atoms with E-state index >= 15 is 0 Å². The van der Waals surface area contributed by atoms with E-state index in [9.17, 15) is 4.79 Å². The third-order valence-corrected chi connectivity index (χ3v) is 3.59. The van der Waals surface area contributed by atoms with Crippen LogP contribution in [0.25, 0.3) is 0 Å². The van der Waals surface area contributed by atoms with Crippen molar-refractivity contribution in [2.24, 2.45) is 7.05 Å². The van der Waals surface area contributed by atoms with E-state index < -0.39 is 0 Å².